The van der Waals surface area contributed by atoms with E-state index in [0.717, 1.165) is 0 Å². The van der Waals surface area contributed by atoms with Gasteiger partial charge in [0, 0.05) is 135 Å². The largest absolute Gasteiger partial charge is 0.412 e. The second-order valence-corrected chi connectivity index (χ2v) is 23.4. The fourth-order valence-electron chi connectivity index (χ4n) is 8.90. The molecule has 0 saturated heterocycles. The first-order valence-electron chi connectivity index (χ1n) is 35.8. The number of nitrogens with one attached hydrogen (secondary N) is 12. The summed E-state index contributed by atoms with van der Waals surface area (Å²) in [7, 11) is 0. The highest BCUT2D eigenvalue weighted by atomic mass is 16.6. The molecule has 0 saturated carbocycles. The number of hydrogen-bond donors (Lipinski definition) is 12. The molecule has 0 unspecified atom stereocenters. The van der Waals surface area contributed by atoms with Crippen LogP contribution < -0.4 is 82.7 Å². The molecule has 0 aliphatic carbocycles. The van der Waals surface area contributed by atoms with Gasteiger partial charge < -0.3 is 121 Å². The van der Waals surface area contributed by atoms with E-state index in [1.165, 1.54) is 0 Å². The van der Waals surface area contributed by atoms with Crippen LogP contribution in [0.4, 0.5) is 19.2 Å². The van der Waals surface area contributed by atoms with Gasteiger partial charge in [0.15, 0.2) is 0 Å². The van der Waals surface area contributed by atoms with Crippen molar-refractivity contribution < 1.29 is 114 Å². The summed E-state index contributed by atoms with van der Waals surface area (Å²) in [5, 5.41) is 32.0. The topological polar surface area (TPSA) is 460 Å². The highest BCUT2D eigenvalue weighted by Crippen LogP contribution is 2.16. The van der Waals surface area contributed by atoms with Crippen molar-refractivity contribution >= 4 is 71.6 Å². The lowest BCUT2D eigenvalue weighted by atomic mass is 9.86. The number of para-hydroxylation sites is 4. The number of ether oxygens (including phenoxy) is 12. The molecule has 0 aliphatic heterocycles. The molecule has 4 rings (SSSR count). The van der Waals surface area contributed by atoms with Gasteiger partial charge in [-0.1, -0.05) is 72.8 Å². The van der Waals surface area contributed by atoms with E-state index < -0.39 is 77.0 Å². The smallest absolute Gasteiger partial charge is 0.410 e. The van der Waals surface area contributed by atoms with Crippen LogP contribution in [0.1, 0.15) is 51.4 Å². The molecule has 0 aromatic heterocycles. The van der Waals surface area contributed by atoms with Crippen molar-refractivity contribution in [2.24, 2.45) is 5.41 Å². The summed E-state index contributed by atoms with van der Waals surface area (Å²) in [5.74, 6) is -2.78. The number of hydrogen-bond acceptors (Lipinski definition) is 24. The van der Waals surface area contributed by atoms with Gasteiger partial charge in [0.2, 0.25) is 47.3 Å². The average Bonchev–Trinajstić information content (AvgIpc) is 0.850. The predicted octanol–water partition coefficient (Wildman–Crippen LogP) is 1.31. The van der Waals surface area contributed by atoms with Crippen LogP contribution in [-0.4, -0.2) is 256 Å². The molecule has 4 aromatic carbocycles. The Labute approximate surface area is 632 Å². The van der Waals surface area contributed by atoms with Crippen LogP contribution in [-0.2, 0) is 76.3 Å². The standard InChI is InChI=1S/C73H104N12O24/c86-61(74-29-37-98-45-49-102-41-33-78-69(94)106-57-13-5-1-6-14-57)21-25-65(90)82-53-73(54-83-66(91)26-22-62(87)75-30-38-99-46-50-103-42-34-79-70(95)107-58-15-7-2-8-16-58,55-84-67(92)27-23-63(88)76-31-39-100-47-51-104-43-35-80-71(96)108-59-17-9-3-10-18-59)56-85-68(93)28-24-64(89)77-32-40-101-48-52-105-44-36-81-72(97)109-60-19-11-4-12-20-60/h1-20H,21-56H2,(H,74,86)(H,75,87)(H,76,88)(H,77,89)(H,78,94)(H,79,95)(H,80,96)(H,81,97)(H,82,90)(H,83,91)(H,84,92)(H,85,93). The highest BCUT2D eigenvalue weighted by Gasteiger charge is 2.33. The zero-order valence-electron chi connectivity index (χ0n) is 61.3. The van der Waals surface area contributed by atoms with Gasteiger partial charge in [-0.25, -0.2) is 19.2 Å². The molecule has 0 radical (unpaired) electrons. The maximum absolute atomic E-state index is 13.5. The van der Waals surface area contributed by atoms with E-state index in [1.54, 1.807) is 121 Å². The minimum absolute atomic E-state index is 0.107. The molecule has 0 spiro atoms. The molecule has 0 aliphatic rings. The van der Waals surface area contributed by atoms with Gasteiger partial charge in [0.1, 0.15) is 23.0 Å². The molecule has 0 bridgehead atoms. The van der Waals surface area contributed by atoms with E-state index in [4.69, 9.17) is 56.8 Å². The van der Waals surface area contributed by atoms with Crippen molar-refractivity contribution in [1.82, 2.24) is 63.8 Å². The summed E-state index contributed by atoms with van der Waals surface area (Å²) in [6.07, 6.45) is -4.75. The van der Waals surface area contributed by atoms with Gasteiger partial charge in [-0.2, -0.15) is 0 Å². The monoisotopic (exact) mass is 1530 g/mol. The van der Waals surface area contributed by atoms with Gasteiger partial charge in [0.25, 0.3) is 0 Å². The van der Waals surface area contributed by atoms with Gasteiger partial charge in [-0.15, -0.1) is 0 Å². The minimum atomic E-state index is -1.43. The number of amides is 12. The predicted molar refractivity (Wildman–Crippen MR) is 392 cm³/mol. The zero-order valence-corrected chi connectivity index (χ0v) is 61.3. The molecule has 109 heavy (non-hydrogen) atoms. The first kappa shape index (κ1) is 90.8. The Hall–Kier alpha value is -10.6. The van der Waals surface area contributed by atoms with E-state index in [2.05, 4.69) is 63.8 Å². The summed E-state index contributed by atoms with van der Waals surface area (Å²) >= 11 is 0. The van der Waals surface area contributed by atoms with Gasteiger partial charge in [0.05, 0.1) is 106 Å². The molecular weight excluding hydrogens is 1430 g/mol. The van der Waals surface area contributed by atoms with Crippen LogP contribution in [0.2, 0.25) is 0 Å². The third-order valence-corrected chi connectivity index (χ3v) is 14.6. The van der Waals surface area contributed by atoms with Crippen LogP contribution in [0.25, 0.3) is 0 Å². The van der Waals surface area contributed by atoms with Crippen LogP contribution in [0.15, 0.2) is 121 Å². The fraction of sp³-hybridized carbons (Fsp3) is 0.507. The van der Waals surface area contributed by atoms with Crippen molar-refractivity contribution in [3.05, 3.63) is 121 Å². The van der Waals surface area contributed by atoms with Crippen molar-refractivity contribution in [3.63, 3.8) is 0 Å². The quantitative estimate of drug-likeness (QED) is 0.0277. The molecule has 12 N–H and O–H groups in total. The van der Waals surface area contributed by atoms with Crippen molar-refractivity contribution in [3.8, 4) is 23.0 Å². The highest BCUT2D eigenvalue weighted by molar-refractivity contribution is 5.86. The van der Waals surface area contributed by atoms with Crippen LogP contribution in [0.3, 0.4) is 0 Å². The summed E-state index contributed by atoms with van der Waals surface area (Å²) in [6, 6.07) is 34.2. The Morgan fingerprint density at radius 3 is 0.532 bits per heavy atom. The van der Waals surface area contributed by atoms with E-state index in [9.17, 15) is 57.5 Å². The summed E-state index contributed by atoms with van der Waals surface area (Å²) < 4.78 is 64.5. The van der Waals surface area contributed by atoms with Crippen molar-refractivity contribution in [1.29, 1.82) is 0 Å². The molecule has 36 heteroatoms. The number of carbonyl (C=O) groups is 12. The molecule has 600 valence electrons. The Kier molecular flexibility index (Phi) is 49.5. The van der Waals surface area contributed by atoms with E-state index >= 15 is 0 Å². The number of benzene rings is 4. The summed E-state index contributed by atoms with van der Waals surface area (Å²) in [6.45, 7) is 2.75. The molecule has 0 fully saturated rings. The molecule has 0 heterocycles. The zero-order chi connectivity index (χ0) is 78.3. The van der Waals surface area contributed by atoms with E-state index in [-0.39, 0.29) is 236 Å². The van der Waals surface area contributed by atoms with Crippen LogP contribution >= 0.6 is 0 Å². The second-order valence-electron chi connectivity index (χ2n) is 23.4. The molecule has 0 atom stereocenters. The Balaban J connectivity index is 1.27. The van der Waals surface area contributed by atoms with Gasteiger partial charge in [-0.3, -0.25) is 38.4 Å². The lowest BCUT2D eigenvalue weighted by Gasteiger charge is -2.35. The average molecular weight is 1530 g/mol. The third-order valence-electron chi connectivity index (χ3n) is 14.6. The first-order chi connectivity index (χ1) is 53.0. The summed E-state index contributed by atoms with van der Waals surface area (Å²) in [4.78, 5) is 153. The normalized spacial score (nSPS) is 10.8. The van der Waals surface area contributed by atoms with E-state index in [1.807, 2.05) is 0 Å². The number of carbonyl (C=O) groups excluding carboxylic acids is 12. The molecule has 36 nitrogen and oxygen atoms in total. The van der Waals surface area contributed by atoms with Crippen molar-refractivity contribution in [2.75, 3.05) is 184 Å². The maximum atomic E-state index is 13.5. The molecule has 12 amide bonds. The Bertz CT molecular complexity index is 2840. The van der Waals surface area contributed by atoms with Crippen LogP contribution in [0.5, 0.6) is 23.0 Å². The second kappa shape index (κ2) is 59.4. The third kappa shape index (κ3) is 49.8. The number of rotatable bonds is 60. The fourth-order valence-corrected chi connectivity index (χ4v) is 8.90. The van der Waals surface area contributed by atoms with Crippen molar-refractivity contribution in [2.45, 2.75) is 51.4 Å². The molecule has 4 aromatic rings. The lowest BCUT2D eigenvalue weighted by Crippen LogP contribution is -2.57. The molecular formula is C73H104N12O24. The van der Waals surface area contributed by atoms with Gasteiger partial charge in [-0.05, 0) is 48.5 Å². The maximum Gasteiger partial charge on any atom is 0.412 e. The van der Waals surface area contributed by atoms with E-state index in [0.29, 0.717) is 23.0 Å². The van der Waals surface area contributed by atoms with Crippen LogP contribution in [0, 0.1) is 5.41 Å². The Morgan fingerprint density at radius 2 is 0.358 bits per heavy atom. The SMILES string of the molecule is O=C(CCC(=O)NCC(CNC(=O)CCC(=O)NCCOCCOCCNC(=O)Oc1ccccc1)(CNC(=O)CCC(=O)NCCOCCOCCNC(=O)Oc1ccccc1)CNC(=O)CCC(=O)NCCOCCOCCNC(=O)Oc1ccccc1)NCCOCCOCCNC(=O)Oc1ccccc1. The first-order valence-corrected chi connectivity index (χ1v) is 35.8. The minimum Gasteiger partial charge on any atom is -0.410 e. The van der Waals surface area contributed by atoms with Gasteiger partial charge >= 0.3 is 24.4 Å². The summed E-state index contributed by atoms with van der Waals surface area (Å²) in [5.41, 5.74) is -1.43. The Morgan fingerprint density at radius 1 is 0.202 bits per heavy atom. The lowest BCUT2D eigenvalue weighted by molar-refractivity contribution is -0.128.